The van der Waals surface area contributed by atoms with Crippen molar-refractivity contribution in [3.63, 3.8) is 0 Å². The summed E-state index contributed by atoms with van der Waals surface area (Å²) in [5.74, 6) is 0.848. The Morgan fingerprint density at radius 3 is 1.76 bits per heavy atom. The van der Waals surface area contributed by atoms with Gasteiger partial charge in [-0.15, -0.1) is 0 Å². The van der Waals surface area contributed by atoms with Crippen LogP contribution in [-0.2, 0) is 0 Å². The summed E-state index contributed by atoms with van der Waals surface area (Å²) < 4.78 is 0. The van der Waals surface area contributed by atoms with E-state index in [1.54, 1.807) is 0 Å². The van der Waals surface area contributed by atoms with Crippen LogP contribution in [0.4, 0.5) is 0 Å². The molecule has 1 aliphatic heterocycles. The summed E-state index contributed by atoms with van der Waals surface area (Å²) in [4.78, 5) is 0. The fourth-order valence-electron chi connectivity index (χ4n) is 3.31. The highest BCUT2D eigenvalue weighted by Gasteiger charge is 2.29. The summed E-state index contributed by atoms with van der Waals surface area (Å²) in [6.07, 6.45) is 2.31. The van der Waals surface area contributed by atoms with Crippen LogP contribution in [0.3, 0.4) is 0 Å². The van der Waals surface area contributed by atoms with E-state index in [-0.39, 0.29) is 5.92 Å². The molecule has 110 valence electrons. The van der Waals surface area contributed by atoms with Gasteiger partial charge < -0.3 is 5.32 Å². The number of hydrogen-bond acceptors (Lipinski definition) is 1. The van der Waals surface area contributed by atoms with Gasteiger partial charge in [0.05, 0.1) is 0 Å². The normalized spacial score (nSPS) is 16.3. The van der Waals surface area contributed by atoms with Gasteiger partial charge in [0.25, 0.3) is 0 Å². The van der Waals surface area contributed by atoms with Crippen LogP contribution in [0.2, 0.25) is 10.0 Å². The minimum absolute atomic E-state index is 0.273. The van der Waals surface area contributed by atoms with Gasteiger partial charge in [-0.2, -0.15) is 0 Å². The molecule has 3 heteroatoms. The lowest BCUT2D eigenvalue weighted by atomic mass is 9.76. The Labute approximate surface area is 136 Å². The molecular weight excluding hydrogens is 301 g/mol. The Bertz CT molecular complexity index is 560. The van der Waals surface area contributed by atoms with E-state index in [0.717, 1.165) is 36.0 Å². The maximum absolute atomic E-state index is 6.48. The number of piperidine rings is 1. The monoisotopic (exact) mass is 319 g/mol. The van der Waals surface area contributed by atoms with Crippen molar-refractivity contribution in [2.75, 3.05) is 13.1 Å². The lowest BCUT2D eigenvalue weighted by molar-refractivity contribution is 0.342. The molecule has 3 rings (SSSR count). The second-order valence-corrected chi connectivity index (χ2v) is 6.42. The molecule has 1 aliphatic rings. The van der Waals surface area contributed by atoms with Gasteiger partial charge in [0.15, 0.2) is 0 Å². The Balaban J connectivity index is 2.07. The van der Waals surface area contributed by atoms with Crippen LogP contribution in [0.5, 0.6) is 0 Å². The molecule has 0 atom stereocenters. The highest BCUT2D eigenvalue weighted by molar-refractivity contribution is 6.32. The van der Waals surface area contributed by atoms with E-state index >= 15 is 0 Å². The second-order valence-electron chi connectivity index (χ2n) is 5.61. The lowest BCUT2D eigenvalue weighted by Crippen LogP contribution is -2.31. The van der Waals surface area contributed by atoms with Gasteiger partial charge in [0, 0.05) is 16.0 Å². The first-order chi connectivity index (χ1) is 10.3. The highest BCUT2D eigenvalue weighted by Crippen LogP contribution is 2.42. The van der Waals surface area contributed by atoms with E-state index in [9.17, 15) is 0 Å². The first kappa shape index (κ1) is 14.9. The van der Waals surface area contributed by atoms with Crippen molar-refractivity contribution in [1.29, 1.82) is 0 Å². The molecule has 0 aromatic heterocycles. The lowest BCUT2D eigenvalue weighted by Gasteiger charge is -2.32. The summed E-state index contributed by atoms with van der Waals surface area (Å²) >= 11 is 13.0. The summed E-state index contributed by atoms with van der Waals surface area (Å²) in [6, 6.07) is 16.3. The van der Waals surface area contributed by atoms with E-state index in [1.807, 2.05) is 24.3 Å². The topological polar surface area (TPSA) is 12.0 Å². The fourth-order valence-corrected chi connectivity index (χ4v) is 3.81. The van der Waals surface area contributed by atoms with Gasteiger partial charge in [0.1, 0.15) is 0 Å². The average Bonchev–Trinajstić information content (AvgIpc) is 2.52. The zero-order chi connectivity index (χ0) is 14.7. The zero-order valence-corrected chi connectivity index (χ0v) is 13.4. The van der Waals surface area contributed by atoms with Gasteiger partial charge >= 0.3 is 0 Å². The molecule has 0 bridgehead atoms. The standard InChI is InChI=1S/C18H19Cl2N/c19-16-7-3-1-5-14(16)18(13-9-11-21-12-10-13)15-6-2-4-8-17(15)20/h1-8,13,18,21H,9-12H2. The Hall–Kier alpha value is -1.02. The highest BCUT2D eigenvalue weighted by atomic mass is 35.5. The Kier molecular flexibility index (Phi) is 4.84. The smallest absolute Gasteiger partial charge is 0.0444 e. The molecule has 1 fully saturated rings. The molecule has 0 radical (unpaired) electrons. The molecule has 0 saturated carbocycles. The Morgan fingerprint density at radius 1 is 0.810 bits per heavy atom. The molecule has 2 aromatic rings. The number of hydrogen-bond donors (Lipinski definition) is 1. The van der Waals surface area contributed by atoms with Crippen molar-refractivity contribution in [2.24, 2.45) is 5.92 Å². The number of nitrogens with one attached hydrogen (secondary N) is 1. The van der Waals surface area contributed by atoms with Crippen LogP contribution >= 0.6 is 23.2 Å². The van der Waals surface area contributed by atoms with Crippen molar-refractivity contribution in [3.8, 4) is 0 Å². The number of halogens is 2. The van der Waals surface area contributed by atoms with Crippen LogP contribution in [0.25, 0.3) is 0 Å². The van der Waals surface area contributed by atoms with Crippen LogP contribution in [0.1, 0.15) is 29.9 Å². The Morgan fingerprint density at radius 2 is 1.29 bits per heavy atom. The van der Waals surface area contributed by atoms with Gasteiger partial charge in [-0.05, 0) is 55.1 Å². The van der Waals surface area contributed by atoms with Crippen molar-refractivity contribution in [1.82, 2.24) is 5.32 Å². The summed E-state index contributed by atoms with van der Waals surface area (Å²) in [7, 11) is 0. The number of rotatable bonds is 3. The molecule has 0 aliphatic carbocycles. The van der Waals surface area contributed by atoms with Crippen molar-refractivity contribution < 1.29 is 0 Å². The van der Waals surface area contributed by atoms with Crippen LogP contribution < -0.4 is 5.32 Å². The molecule has 0 spiro atoms. The van der Waals surface area contributed by atoms with Crippen LogP contribution in [0, 0.1) is 5.92 Å². The van der Waals surface area contributed by atoms with E-state index in [0.29, 0.717) is 5.92 Å². The fraction of sp³-hybridized carbons (Fsp3) is 0.333. The van der Waals surface area contributed by atoms with Gasteiger partial charge in [0.2, 0.25) is 0 Å². The summed E-state index contributed by atoms with van der Waals surface area (Å²) in [6.45, 7) is 2.13. The van der Waals surface area contributed by atoms with Gasteiger partial charge in [-0.25, -0.2) is 0 Å². The van der Waals surface area contributed by atoms with E-state index in [1.165, 1.54) is 11.1 Å². The van der Waals surface area contributed by atoms with Gasteiger partial charge in [-0.3, -0.25) is 0 Å². The summed E-state index contributed by atoms with van der Waals surface area (Å²) in [5.41, 5.74) is 2.39. The maximum atomic E-state index is 6.48. The van der Waals surface area contributed by atoms with Crippen molar-refractivity contribution in [2.45, 2.75) is 18.8 Å². The second kappa shape index (κ2) is 6.83. The molecule has 2 aromatic carbocycles. The minimum Gasteiger partial charge on any atom is -0.317 e. The quantitative estimate of drug-likeness (QED) is 0.827. The molecule has 1 saturated heterocycles. The van der Waals surface area contributed by atoms with E-state index < -0.39 is 0 Å². The molecule has 1 N–H and O–H groups in total. The zero-order valence-electron chi connectivity index (χ0n) is 11.9. The van der Waals surface area contributed by atoms with Crippen molar-refractivity contribution in [3.05, 3.63) is 69.7 Å². The SMILES string of the molecule is Clc1ccccc1C(c1ccccc1Cl)C1CCNCC1. The molecule has 0 amide bonds. The first-order valence-electron chi connectivity index (χ1n) is 7.47. The van der Waals surface area contributed by atoms with Gasteiger partial charge in [-0.1, -0.05) is 59.6 Å². The van der Waals surface area contributed by atoms with Crippen LogP contribution in [0.15, 0.2) is 48.5 Å². The third kappa shape index (κ3) is 3.26. The van der Waals surface area contributed by atoms with Crippen LogP contribution in [-0.4, -0.2) is 13.1 Å². The molecular formula is C18H19Cl2N. The average molecular weight is 320 g/mol. The first-order valence-corrected chi connectivity index (χ1v) is 8.22. The maximum Gasteiger partial charge on any atom is 0.0444 e. The third-order valence-corrected chi connectivity index (χ3v) is 5.02. The molecule has 21 heavy (non-hydrogen) atoms. The third-order valence-electron chi connectivity index (χ3n) is 4.34. The largest absolute Gasteiger partial charge is 0.317 e. The van der Waals surface area contributed by atoms with E-state index in [4.69, 9.17) is 23.2 Å². The summed E-state index contributed by atoms with van der Waals surface area (Å²) in [5, 5.41) is 5.10. The molecule has 0 unspecified atom stereocenters. The molecule has 1 nitrogen and oxygen atoms in total. The predicted octanol–water partition coefficient (Wildman–Crippen LogP) is 5.12. The minimum atomic E-state index is 0.273. The molecule has 1 heterocycles. The number of benzene rings is 2. The van der Waals surface area contributed by atoms with E-state index in [2.05, 4.69) is 29.6 Å². The van der Waals surface area contributed by atoms with Crippen molar-refractivity contribution >= 4 is 23.2 Å². The predicted molar refractivity (Wildman–Crippen MR) is 90.3 cm³/mol.